The molecule has 0 saturated heterocycles. The van der Waals surface area contributed by atoms with Crippen molar-refractivity contribution in [2.24, 2.45) is 0 Å². The Kier molecular flexibility index (Phi) is 39.8. The molecule has 0 aliphatic heterocycles. The Labute approximate surface area is 333 Å². The summed E-state index contributed by atoms with van der Waals surface area (Å²) in [6.07, 6.45) is 50.0. The molecule has 3 atom stereocenters. The number of aliphatic hydroxyl groups is 2. The summed E-state index contributed by atoms with van der Waals surface area (Å²) in [5.74, 6) is -0.524. The summed E-state index contributed by atoms with van der Waals surface area (Å²) in [7, 11) is 0. The molecule has 0 spiro atoms. The third-order valence-electron chi connectivity index (χ3n) is 9.90. The molecule has 0 aromatic heterocycles. The van der Waals surface area contributed by atoms with E-state index in [1.54, 1.807) is 0 Å². The van der Waals surface area contributed by atoms with Gasteiger partial charge >= 0.3 is 5.97 Å². The number of unbranched alkanes of at least 4 members (excludes halogenated alkanes) is 19. The van der Waals surface area contributed by atoms with Gasteiger partial charge in [-0.05, 0) is 70.6 Å². The lowest BCUT2D eigenvalue weighted by Crippen LogP contribution is -2.46. The molecule has 0 bridgehead atoms. The van der Waals surface area contributed by atoms with E-state index in [1.807, 2.05) is 12.2 Å². The summed E-state index contributed by atoms with van der Waals surface area (Å²) in [4.78, 5) is 25.9. The summed E-state index contributed by atoms with van der Waals surface area (Å²) in [6.45, 7) is 6.20. The number of allylic oxidation sites excluding steroid dienone is 10. The third kappa shape index (κ3) is 36.5. The second-order valence-electron chi connectivity index (χ2n) is 15.1. The molecule has 0 radical (unpaired) electrons. The Morgan fingerprint density at radius 3 is 1.72 bits per heavy atom. The highest BCUT2D eigenvalue weighted by Crippen LogP contribution is 2.17. The van der Waals surface area contributed by atoms with Crippen molar-refractivity contribution >= 4 is 11.9 Å². The van der Waals surface area contributed by atoms with Crippen molar-refractivity contribution in [3.8, 4) is 0 Å². The largest absolute Gasteiger partial charge is 0.462 e. The molecule has 6 nitrogen and oxygen atoms in total. The van der Waals surface area contributed by atoms with Crippen molar-refractivity contribution in [3.05, 3.63) is 60.8 Å². The molecule has 3 N–H and O–H groups in total. The van der Waals surface area contributed by atoms with Crippen LogP contribution in [-0.4, -0.2) is 46.9 Å². The van der Waals surface area contributed by atoms with E-state index in [9.17, 15) is 19.8 Å². The van der Waals surface area contributed by atoms with Crippen LogP contribution in [0.3, 0.4) is 0 Å². The predicted octanol–water partition coefficient (Wildman–Crippen LogP) is 12.9. The summed E-state index contributed by atoms with van der Waals surface area (Å²) in [5.41, 5.74) is 0. The molecule has 0 rings (SSSR count). The molecule has 0 saturated carbocycles. The highest BCUT2D eigenvalue weighted by atomic mass is 16.5. The van der Waals surface area contributed by atoms with Gasteiger partial charge < -0.3 is 20.3 Å². The molecular weight excluding hydrogens is 671 g/mol. The van der Waals surface area contributed by atoms with Gasteiger partial charge in [-0.15, -0.1) is 0 Å². The quantitative estimate of drug-likeness (QED) is 0.0251. The number of carbonyl (C=O) groups excluding carboxylic acids is 2. The van der Waals surface area contributed by atoms with Crippen LogP contribution in [0.1, 0.15) is 207 Å². The van der Waals surface area contributed by atoms with Crippen molar-refractivity contribution in [2.75, 3.05) is 6.61 Å². The Morgan fingerprint density at radius 1 is 0.574 bits per heavy atom. The summed E-state index contributed by atoms with van der Waals surface area (Å²) in [6, 6.07) is -0.713. The fourth-order valence-corrected chi connectivity index (χ4v) is 6.53. The second kappa shape index (κ2) is 41.7. The van der Waals surface area contributed by atoms with Crippen molar-refractivity contribution in [2.45, 2.75) is 225 Å². The van der Waals surface area contributed by atoms with Gasteiger partial charge in [0.25, 0.3) is 0 Å². The lowest BCUT2D eigenvalue weighted by Gasteiger charge is -2.24. The van der Waals surface area contributed by atoms with Crippen molar-refractivity contribution < 1.29 is 24.5 Å². The molecule has 0 aliphatic rings. The molecule has 0 aromatic rings. The van der Waals surface area contributed by atoms with Crippen LogP contribution in [-0.2, 0) is 14.3 Å². The molecule has 0 aromatic carbocycles. The minimum atomic E-state index is -0.797. The normalized spacial score (nSPS) is 13.9. The van der Waals surface area contributed by atoms with Crippen LogP contribution in [0.25, 0.3) is 0 Å². The fraction of sp³-hybridized carbons (Fsp3) is 0.750. The monoisotopic (exact) mass is 756 g/mol. The maximum absolute atomic E-state index is 13.1. The van der Waals surface area contributed by atoms with Gasteiger partial charge in [0, 0.05) is 6.42 Å². The first-order valence-corrected chi connectivity index (χ1v) is 22.5. The number of amides is 1. The van der Waals surface area contributed by atoms with Gasteiger partial charge in [-0.2, -0.15) is 0 Å². The minimum Gasteiger partial charge on any atom is -0.462 e. The van der Waals surface area contributed by atoms with Crippen LogP contribution >= 0.6 is 0 Å². The van der Waals surface area contributed by atoms with Gasteiger partial charge in [0.1, 0.15) is 6.10 Å². The molecule has 0 fully saturated rings. The van der Waals surface area contributed by atoms with Gasteiger partial charge in [-0.1, -0.05) is 184 Å². The Balaban J connectivity index is 4.64. The number of rotatable bonds is 39. The number of hydrogen-bond donors (Lipinski definition) is 3. The summed E-state index contributed by atoms with van der Waals surface area (Å²) < 4.78 is 5.88. The highest BCUT2D eigenvalue weighted by molar-refractivity contribution is 5.77. The van der Waals surface area contributed by atoms with Crippen LogP contribution in [0, 0.1) is 0 Å². The van der Waals surface area contributed by atoms with Gasteiger partial charge in [-0.25, -0.2) is 0 Å². The lowest BCUT2D eigenvalue weighted by atomic mass is 10.0. The highest BCUT2D eigenvalue weighted by Gasteiger charge is 2.24. The number of carbonyl (C=O) groups is 2. The average Bonchev–Trinajstić information content (AvgIpc) is 3.16. The number of hydrogen-bond acceptors (Lipinski definition) is 5. The van der Waals surface area contributed by atoms with E-state index in [4.69, 9.17) is 4.74 Å². The molecule has 54 heavy (non-hydrogen) atoms. The summed E-state index contributed by atoms with van der Waals surface area (Å²) >= 11 is 0. The van der Waals surface area contributed by atoms with E-state index >= 15 is 0 Å². The maximum atomic E-state index is 13.1. The molecular formula is C48H85NO5. The zero-order chi connectivity index (χ0) is 39.6. The molecule has 6 heteroatoms. The minimum absolute atomic E-state index is 0.0494. The number of aliphatic hydroxyl groups excluding tert-OH is 2. The van der Waals surface area contributed by atoms with Crippen LogP contribution in [0.15, 0.2) is 60.8 Å². The summed E-state index contributed by atoms with van der Waals surface area (Å²) in [5, 5.41) is 23.6. The van der Waals surface area contributed by atoms with Crippen molar-refractivity contribution in [1.29, 1.82) is 0 Å². The molecule has 1 amide bonds. The van der Waals surface area contributed by atoms with E-state index in [0.29, 0.717) is 19.3 Å². The van der Waals surface area contributed by atoms with Crippen molar-refractivity contribution in [1.82, 2.24) is 5.32 Å². The average molecular weight is 756 g/mol. The van der Waals surface area contributed by atoms with Crippen LogP contribution in [0.5, 0.6) is 0 Å². The molecule has 312 valence electrons. The van der Waals surface area contributed by atoms with Gasteiger partial charge in [-0.3, -0.25) is 9.59 Å². The number of ether oxygens (including phenoxy) is 1. The number of nitrogens with one attached hydrogen (secondary N) is 1. The maximum Gasteiger partial charge on any atom is 0.306 e. The predicted molar refractivity (Wildman–Crippen MR) is 232 cm³/mol. The van der Waals surface area contributed by atoms with E-state index in [-0.39, 0.29) is 24.9 Å². The molecule has 3 unspecified atom stereocenters. The fourth-order valence-electron chi connectivity index (χ4n) is 6.53. The number of esters is 1. The van der Waals surface area contributed by atoms with Crippen LogP contribution in [0.2, 0.25) is 0 Å². The van der Waals surface area contributed by atoms with E-state index in [2.05, 4.69) is 74.7 Å². The van der Waals surface area contributed by atoms with Crippen molar-refractivity contribution in [3.63, 3.8) is 0 Å². The second-order valence-corrected chi connectivity index (χ2v) is 15.1. The first-order valence-electron chi connectivity index (χ1n) is 22.5. The van der Waals surface area contributed by atoms with Gasteiger partial charge in [0.15, 0.2) is 0 Å². The third-order valence-corrected chi connectivity index (χ3v) is 9.90. The lowest BCUT2D eigenvalue weighted by molar-refractivity contribution is -0.151. The molecule has 0 aliphatic carbocycles. The Morgan fingerprint density at radius 2 is 1.09 bits per heavy atom. The zero-order valence-electron chi connectivity index (χ0n) is 35.3. The smallest absolute Gasteiger partial charge is 0.306 e. The van der Waals surface area contributed by atoms with E-state index < -0.39 is 18.2 Å². The van der Waals surface area contributed by atoms with E-state index in [1.165, 1.54) is 70.6 Å². The molecule has 0 heterocycles. The Hall–Kier alpha value is -2.44. The van der Waals surface area contributed by atoms with Crippen LogP contribution < -0.4 is 5.32 Å². The Bertz CT molecular complexity index is 984. The zero-order valence-corrected chi connectivity index (χ0v) is 35.3. The van der Waals surface area contributed by atoms with Crippen LogP contribution in [0.4, 0.5) is 0 Å². The van der Waals surface area contributed by atoms with Gasteiger partial charge in [0.2, 0.25) is 5.91 Å². The first-order chi connectivity index (χ1) is 26.5. The SMILES string of the molecule is CC/C=C/C=C/C=C\CCCCCC(CC(=O)NC(CO)C(O)CCCCCCCCCCCC)OC(=O)CCCCCCCCC/C=C/C/C=C/CC. The first kappa shape index (κ1) is 51.6. The van der Waals surface area contributed by atoms with Gasteiger partial charge in [0.05, 0.1) is 25.2 Å². The topological polar surface area (TPSA) is 95.9 Å². The standard InChI is InChI=1S/C48H85NO5/c1-4-7-10-13-16-19-22-23-24-26-29-32-35-38-41-48(53)54-44(39-36-33-30-27-25-20-17-14-11-8-5-2)42-47(52)49-45(43-50)46(51)40-37-34-31-28-21-18-15-12-9-6-3/h7-8,10-11,14,16-17,19-20,25,44-46,50-51H,4-6,9,12-13,15,18,21-24,26-43H2,1-3H3,(H,49,52)/b10-7+,11-8+,17-14+,19-16+,25-20-. The van der Waals surface area contributed by atoms with E-state index in [0.717, 1.165) is 89.9 Å².